The SMILES string of the molecule is CCN(C(C)=O)c1nc(CNCC2(CCOC)CC2)cs1. The van der Waals surface area contributed by atoms with E-state index in [2.05, 4.69) is 10.3 Å². The average Bonchev–Trinajstić information content (AvgIpc) is 3.08. The highest BCUT2D eigenvalue weighted by molar-refractivity contribution is 7.14. The van der Waals surface area contributed by atoms with Gasteiger partial charge in [0.2, 0.25) is 5.91 Å². The largest absolute Gasteiger partial charge is 0.385 e. The number of ether oxygens (including phenoxy) is 1. The highest BCUT2D eigenvalue weighted by atomic mass is 32.1. The van der Waals surface area contributed by atoms with Gasteiger partial charge < -0.3 is 10.1 Å². The third kappa shape index (κ3) is 4.49. The molecular weight excluding hydrogens is 286 g/mol. The van der Waals surface area contributed by atoms with Crippen LogP contribution in [-0.2, 0) is 16.1 Å². The Kier molecular flexibility index (Phi) is 5.72. The van der Waals surface area contributed by atoms with Crippen molar-refractivity contribution in [2.45, 2.75) is 39.7 Å². The standard InChI is InChI=1S/C15H25N3O2S/c1-4-18(12(2)19)14-17-13(10-21-14)9-16-11-15(5-6-15)7-8-20-3/h10,16H,4-9,11H2,1-3H3. The van der Waals surface area contributed by atoms with E-state index in [1.54, 1.807) is 18.9 Å². The number of thiazole rings is 1. The molecule has 2 rings (SSSR count). The van der Waals surface area contributed by atoms with Crippen molar-refractivity contribution >= 4 is 22.4 Å². The fourth-order valence-corrected chi connectivity index (χ4v) is 3.39. The van der Waals surface area contributed by atoms with Gasteiger partial charge in [0.15, 0.2) is 5.13 Å². The molecule has 1 fully saturated rings. The summed E-state index contributed by atoms with van der Waals surface area (Å²) in [7, 11) is 1.76. The first-order valence-corrected chi connectivity index (χ1v) is 8.40. The third-order valence-corrected chi connectivity index (χ3v) is 4.98. The maximum atomic E-state index is 11.5. The van der Waals surface area contributed by atoms with E-state index in [1.165, 1.54) is 24.2 Å². The van der Waals surface area contributed by atoms with Crippen molar-refractivity contribution in [2.24, 2.45) is 5.41 Å². The van der Waals surface area contributed by atoms with Crippen LogP contribution in [0.15, 0.2) is 5.38 Å². The first-order valence-electron chi connectivity index (χ1n) is 7.52. The molecule has 1 aromatic rings. The predicted molar refractivity (Wildman–Crippen MR) is 85.7 cm³/mol. The molecule has 0 atom stereocenters. The van der Waals surface area contributed by atoms with Crippen LogP contribution in [0.3, 0.4) is 0 Å². The molecule has 6 heteroatoms. The molecule has 1 N–H and O–H groups in total. The quantitative estimate of drug-likeness (QED) is 0.761. The van der Waals surface area contributed by atoms with Crippen molar-refractivity contribution < 1.29 is 9.53 Å². The molecule has 0 aromatic carbocycles. The van der Waals surface area contributed by atoms with Gasteiger partial charge in [-0.2, -0.15) is 0 Å². The highest BCUT2D eigenvalue weighted by Crippen LogP contribution is 2.48. The monoisotopic (exact) mass is 311 g/mol. The Hall–Kier alpha value is -0.980. The van der Waals surface area contributed by atoms with Crippen LogP contribution >= 0.6 is 11.3 Å². The molecule has 21 heavy (non-hydrogen) atoms. The van der Waals surface area contributed by atoms with Gasteiger partial charge in [-0.1, -0.05) is 0 Å². The molecule has 1 heterocycles. The minimum Gasteiger partial charge on any atom is -0.385 e. The summed E-state index contributed by atoms with van der Waals surface area (Å²) in [4.78, 5) is 17.7. The summed E-state index contributed by atoms with van der Waals surface area (Å²) >= 11 is 1.53. The maximum absolute atomic E-state index is 11.5. The van der Waals surface area contributed by atoms with Crippen LogP contribution in [-0.4, -0.2) is 37.7 Å². The molecule has 0 unspecified atom stereocenters. The summed E-state index contributed by atoms with van der Waals surface area (Å²) in [5, 5.41) is 6.32. The number of nitrogens with one attached hydrogen (secondary N) is 1. The van der Waals surface area contributed by atoms with Crippen molar-refractivity contribution in [1.82, 2.24) is 10.3 Å². The summed E-state index contributed by atoms with van der Waals surface area (Å²) in [5.74, 6) is 0.0443. The van der Waals surface area contributed by atoms with Gasteiger partial charge in [-0.05, 0) is 31.6 Å². The summed E-state index contributed by atoms with van der Waals surface area (Å²) in [6.07, 6.45) is 3.71. The van der Waals surface area contributed by atoms with E-state index < -0.39 is 0 Å². The summed E-state index contributed by atoms with van der Waals surface area (Å²) in [5.41, 5.74) is 1.46. The zero-order chi connectivity index (χ0) is 15.3. The number of hydrogen-bond acceptors (Lipinski definition) is 5. The predicted octanol–water partition coefficient (Wildman–Crippen LogP) is 2.42. The maximum Gasteiger partial charge on any atom is 0.225 e. The second-order valence-corrected chi connectivity index (χ2v) is 6.57. The van der Waals surface area contributed by atoms with Gasteiger partial charge in [0, 0.05) is 45.7 Å². The minimum atomic E-state index is 0.0443. The van der Waals surface area contributed by atoms with E-state index in [9.17, 15) is 4.79 Å². The van der Waals surface area contributed by atoms with Gasteiger partial charge >= 0.3 is 0 Å². The van der Waals surface area contributed by atoms with E-state index in [4.69, 9.17) is 4.74 Å². The Morgan fingerprint density at radius 3 is 2.90 bits per heavy atom. The van der Waals surface area contributed by atoms with E-state index in [0.29, 0.717) is 12.0 Å². The zero-order valence-corrected chi connectivity index (χ0v) is 14.0. The van der Waals surface area contributed by atoms with E-state index >= 15 is 0 Å². The summed E-state index contributed by atoms with van der Waals surface area (Å²) < 4.78 is 5.17. The lowest BCUT2D eigenvalue weighted by Crippen LogP contribution is -2.28. The zero-order valence-electron chi connectivity index (χ0n) is 13.1. The number of anilines is 1. The molecule has 0 saturated heterocycles. The van der Waals surface area contributed by atoms with E-state index in [-0.39, 0.29) is 5.91 Å². The minimum absolute atomic E-state index is 0.0443. The van der Waals surface area contributed by atoms with Gasteiger partial charge in [0.25, 0.3) is 0 Å². The van der Waals surface area contributed by atoms with Crippen LogP contribution < -0.4 is 10.2 Å². The molecule has 1 aliphatic carbocycles. The summed E-state index contributed by atoms with van der Waals surface area (Å²) in [6.45, 7) is 6.83. The van der Waals surface area contributed by atoms with Crippen LogP contribution in [0.5, 0.6) is 0 Å². The summed E-state index contributed by atoms with van der Waals surface area (Å²) in [6, 6.07) is 0. The molecular formula is C15H25N3O2S. The molecule has 1 amide bonds. The van der Waals surface area contributed by atoms with Crippen LogP contribution in [0.1, 0.15) is 38.8 Å². The fourth-order valence-electron chi connectivity index (χ4n) is 2.46. The normalized spacial score (nSPS) is 16.0. The van der Waals surface area contributed by atoms with E-state index in [1.807, 2.05) is 12.3 Å². The Labute approximate surface area is 130 Å². The first kappa shape index (κ1) is 16.4. The van der Waals surface area contributed by atoms with Crippen LogP contribution in [0.25, 0.3) is 0 Å². The lowest BCUT2D eigenvalue weighted by atomic mass is 10.0. The molecule has 118 valence electrons. The molecule has 5 nitrogen and oxygen atoms in total. The Morgan fingerprint density at radius 2 is 2.33 bits per heavy atom. The van der Waals surface area contributed by atoms with Gasteiger partial charge in [-0.25, -0.2) is 4.98 Å². The van der Waals surface area contributed by atoms with Crippen LogP contribution in [0.2, 0.25) is 0 Å². The van der Waals surface area contributed by atoms with Crippen molar-refractivity contribution in [3.63, 3.8) is 0 Å². The number of aromatic nitrogens is 1. The van der Waals surface area contributed by atoms with E-state index in [0.717, 1.165) is 36.9 Å². The molecule has 1 saturated carbocycles. The number of hydrogen-bond donors (Lipinski definition) is 1. The van der Waals surface area contributed by atoms with Gasteiger partial charge in [-0.3, -0.25) is 9.69 Å². The van der Waals surface area contributed by atoms with Gasteiger partial charge in [0.1, 0.15) is 0 Å². The number of rotatable bonds is 9. The van der Waals surface area contributed by atoms with Gasteiger partial charge in [-0.15, -0.1) is 11.3 Å². The van der Waals surface area contributed by atoms with Crippen LogP contribution in [0.4, 0.5) is 5.13 Å². The van der Waals surface area contributed by atoms with Crippen molar-refractivity contribution in [1.29, 1.82) is 0 Å². The molecule has 0 bridgehead atoms. The highest BCUT2D eigenvalue weighted by Gasteiger charge is 2.41. The van der Waals surface area contributed by atoms with Crippen LogP contribution in [0, 0.1) is 5.41 Å². The number of carbonyl (C=O) groups excluding carboxylic acids is 1. The first-order chi connectivity index (χ1) is 10.1. The molecule has 0 radical (unpaired) electrons. The Bertz CT molecular complexity index is 471. The molecule has 1 aromatic heterocycles. The number of methoxy groups -OCH3 is 1. The second kappa shape index (κ2) is 7.33. The Morgan fingerprint density at radius 1 is 1.57 bits per heavy atom. The van der Waals surface area contributed by atoms with Crippen molar-refractivity contribution in [3.05, 3.63) is 11.1 Å². The smallest absolute Gasteiger partial charge is 0.225 e. The lowest BCUT2D eigenvalue weighted by molar-refractivity contribution is -0.116. The third-order valence-electron chi connectivity index (χ3n) is 4.07. The molecule has 0 aliphatic heterocycles. The van der Waals surface area contributed by atoms with Gasteiger partial charge in [0.05, 0.1) is 5.69 Å². The fraction of sp³-hybridized carbons (Fsp3) is 0.733. The number of carbonyl (C=O) groups is 1. The van der Waals surface area contributed by atoms with Crippen molar-refractivity contribution in [3.8, 4) is 0 Å². The molecule has 0 spiro atoms. The second-order valence-electron chi connectivity index (χ2n) is 5.73. The molecule has 1 aliphatic rings. The number of nitrogens with zero attached hydrogens (tertiary/aromatic N) is 2. The average molecular weight is 311 g/mol. The Balaban J connectivity index is 1.79. The lowest BCUT2D eigenvalue weighted by Gasteiger charge is -2.15. The number of amides is 1. The topological polar surface area (TPSA) is 54.5 Å². The van der Waals surface area contributed by atoms with Crippen molar-refractivity contribution in [2.75, 3.05) is 31.7 Å².